The van der Waals surface area contributed by atoms with Crippen LogP contribution in [-0.4, -0.2) is 17.4 Å². The third kappa shape index (κ3) is 29.6. The van der Waals surface area contributed by atoms with Crippen molar-refractivity contribution in [3.63, 3.8) is 0 Å². The molecule has 0 unspecified atom stereocenters. The van der Waals surface area contributed by atoms with E-state index in [0.717, 1.165) is 25.7 Å². The summed E-state index contributed by atoms with van der Waals surface area (Å²) in [6.07, 6.45) is 28.7. The van der Waals surface area contributed by atoms with E-state index in [-0.39, 0.29) is 17.4 Å². The summed E-state index contributed by atoms with van der Waals surface area (Å²) in [7, 11) is 0. The van der Waals surface area contributed by atoms with Gasteiger partial charge in [0, 0.05) is 0 Å². The van der Waals surface area contributed by atoms with Gasteiger partial charge in [0.05, 0.1) is 0 Å². The fourth-order valence-electron chi connectivity index (χ4n) is 4.00. The summed E-state index contributed by atoms with van der Waals surface area (Å²) in [4.78, 5) is 23.5. The summed E-state index contributed by atoms with van der Waals surface area (Å²) >= 11 is -1.25. The van der Waals surface area contributed by atoms with Gasteiger partial charge in [-0.15, -0.1) is 0 Å². The van der Waals surface area contributed by atoms with Crippen LogP contribution < -0.4 is 0 Å². The second-order valence-electron chi connectivity index (χ2n) is 9.50. The van der Waals surface area contributed by atoms with Crippen LogP contribution in [0.2, 0.25) is 0 Å². The van der Waals surface area contributed by atoms with Gasteiger partial charge < -0.3 is 5.48 Å². The molecule has 0 heterocycles. The Bertz CT molecular complexity index is 393. The van der Waals surface area contributed by atoms with Gasteiger partial charge >= 0.3 is 176 Å². The van der Waals surface area contributed by atoms with Gasteiger partial charge in [-0.25, -0.2) is 0 Å². The Labute approximate surface area is 220 Å². The number of hydrogen-bond donors (Lipinski definition) is 0. The molecule has 0 saturated heterocycles. The summed E-state index contributed by atoms with van der Waals surface area (Å²) in [5, 5.41) is 0. The predicted octanol–water partition coefficient (Wildman–Crippen LogP) is 8.56. The van der Waals surface area contributed by atoms with Gasteiger partial charge in [0.15, 0.2) is 0 Å². The minimum Gasteiger partial charge on any atom is -0.412 e. The van der Waals surface area contributed by atoms with Crippen molar-refractivity contribution < 1.29 is 41.2 Å². The molecule has 0 atom stereocenters. The van der Waals surface area contributed by atoms with Crippen molar-refractivity contribution >= 4 is 11.9 Å². The Kier molecular flexibility index (Phi) is 32.2. The first-order chi connectivity index (χ1) is 16.2. The second kappa shape index (κ2) is 30.6. The molecule has 0 amide bonds. The zero-order valence-corrected chi connectivity index (χ0v) is 24.7. The van der Waals surface area contributed by atoms with Crippen LogP contribution in [0.1, 0.15) is 168 Å². The van der Waals surface area contributed by atoms with Crippen LogP contribution in [-0.2, 0) is 35.7 Å². The van der Waals surface area contributed by atoms with Gasteiger partial charge in [0.1, 0.15) is 0 Å². The number of rotatable bonds is 26. The van der Waals surface area contributed by atoms with E-state index in [1.165, 1.54) is 116 Å². The minimum absolute atomic E-state index is 0. The topological polar surface area (TPSA) is 84.1 Å². The standard InChI is InChI=1S/2C14H28O2.H2O.Pt/c2*1-2-3-4-5-6-7-8-9-10-11-12-13-14(15)16;;/h2*2-13H2,1H3,(H,15,16);1H2;/q;;;+2/p-2. The molecule has 0 fully saturated rings. The second-order valence-corrected chi connectivity index (χ2v) is 10.8. The first kappa shape index (κ1) is 35.7. The normalized spacial score (nSPS) is 10.8. The monoisotopic (exact) mass is 667 g/mol. The maximum atomic E-state index is 11.8. The third-order valence-electron chi connectivity index (χ3n) is 6.17. The van der Waals surface area contributed by atoms with Gasteiger partial charge in [0.2, 0.25) is 0 Å². The first-order valence-corrected chi connectivity index (χ1v) is 16.1. The molecule has 0 aliphatic carbocycles. The Balaban J connectivity index is 0. The molecule has 34 heavy (non-hydrogen) atoms. The SMILES string of the molecule is CCCCCCCCCCCCCC(=O)[O][Pt][O]C(=O)CCCCCCCCCCCCC.O. The summed E-state index contributed by atoms with van der Waals surface area (Å²) < 4.78 is 10.3. The van der Waals surface area contributed by atoms with E-state index in [1.54, 1.807) is 0 Å². The molecule has 0 radical (unpaired) electrons. The van der Waals surface area contributed by atoms with Gasteiger partial charge in [-0.2, -0.15) is 0 Å². The minimum atomic E-state index is -1.25. The van der Waals surface area contributed by atoms with Crippen molar-refractivity contribution in [3.8, 4) is 0 Å². The fraction of sp³-hybridized carbons (Fsp3) is 0.929. The zero-order chi connectivity index (χ0) is 24.2. The molecule has 0 aromatic rings. The molecule has 0 aliphatic heterocycles. The maximum absolute atomic E-state index is 11.8. The van der Waals surface area contributed by atoms with E-state index in [9.17, 15) is 9.59 Å². The number of hydrogen-bond acceptors (Lipinski definition) is 4. The van der Waals surface area contributed by atoms with Crippen LogP contribution in [0.15, 0.2) is 0 Å². The number of carbonyl (C=O) groups is 2. The van der Waals surface area contributed by atoms with Crippen molar-refractivity contribution in [3.05, 3.63) is 0 Å². The Hall–Kier alpha value is -0.412. The first-order valence-electron chi connectivity index (χ1n) is 14.2. The van der Waals surface area contributed by atoms with Gasteiger partial charge in [-0.05, 0) is 0 Å². The summed E-state index contributed by atoms with van der Waals surface area (Å²) in [5.74, 6) is -0.413. The molecule has 5 nitrogen and oxygen atoms in total. The molecule has 0 saturated carbocycles. The van der Waals surface area contributed by atoms with Crippen molar-refractivity contribution in [2.24, 2.45) is 0 Å². The van der Waals surface area contributed by atoms with E-state index in [1.807, 2.05) is 0 Å². The Morgan fingerprint density at radius 2 is 0.676 bits per heavy atom. The van der Waals surface area contributed by atoms with E-state index in [2.05, 4.69) is 13.8 Å². The van der Waals surface area contributed by atoms with Crippen LogP contribution in [0.4, 0.5) is 0 Å². The Morgan fingerprint density at radius 3 is 0.941 bits per heavy atom. The van der Waals surface area contributed by atoms with Crippen LogP contribution in [0.3, 0.4) is 0 Å². The molecule has 0 aliphatic rings. The molecule has 0 bridgehead atoms. The average Bonchev–Trinajstić information content (AvgIpc) is 2.81. The van der Waals surface area contributed by atoms with Crippen molar-refractivity contribution in [2.75, 3.05) is 0 Å². The van der Waals surface area contributed by atoms with Crippen molar-refractivity contribution in [2.45, 2.75) is 168 Å². The molecular weight excluding hydrogens is 611 g/mol. The van der Waals surface area contributed by atoms with E-state index in [0.29, 0.717) is 12.8 Å². The molecule has 0 aromatic carbocycles. The molecule has 6 heteroatoms. The fourth-order valence-corrected chi connectivity index (χ4v) is 4.98. The number of unbranched alkanes of at least 4 members (excludes halogenated alkanes) is 20. The summed E-state index contributed by atoms with van der Waals surface area (Å²) in [6, 6.07) is 0. The summed E-state index contributed by atoms with van der Waals surface area (Å²) in [6.45, 7) is 4.51. The Morgan fingerprint density at radius 1 is 0.441 bits per heavy atom. The average molecular weight is 668 g/mol. The van der Waals surface area contributed by atoms with Crippen LogP contribution in [0.25, 0.3) is 0 Å². The van der Waals surface area contributed by atoms with E-state index < -0.39 is 19.3 Å². The molecule has 0 aromatic heterocycles. The molecule has 208 valence electrons. The smallest absolute Gasteiger partial charge is 0.412 e. The van der Waals surface area contributed by atoms with Crippen LogP contribution in [0.5, 0.6) is 0 Å². The molecular formula is C28H56O5Pt. The zero-order valence-electron chi connectivity index (χ0n) is 22.4. The quantitative estimate of drug-likeness (QED) is 0.0866. The summed E-state index contributed by atoms with van der Waals surface area (Å²) in [5.41, 5.74) is 0. The number of carbonyl (C=O) groups excluding carboxylic acids is 2. The van der Waals surface area contributed by atoms with Crippen molar-refractivity contribution in [1.82, 2.24) is 0 Å². The van der Waals surface area contributed by atoms with E-state index in [4.69, 9.17) is 6.78 Å². The predicted molar refractivity (Wildman–Crippen MR) is 138 cm³/mol. The van der Waals surface area contributed by atoms with Crippen LogP contribution in [0, 0.1) is 0 Å². The molecule has 0 spiro atoms. The van der Waals surface area contributed by atoms with Crippen LogP contribution >= 0.6 is 0 Å². The molecule has 0 rings (SSSR count). The third-order valence-corrected chi connectivity index (χ3v) is 7.58. The van der Waals surface area contributed by atoms with E-state index >= 15 is 0 Å². The van der Waals surface area contributed by atoms with Gasteiger partial charge in [-0.1, -0.05) is 39.5 Å². The molecule has 2 N–H and O–H groups in total. The van der Waals surface area contributed by atoms with Gasteiger partial charge in [0.25, 0.3) is 0 Å². The van der Waals surface area contributed by atoms with Gasteiger partial charge in [-0.3, -0.25) is 0 Å². The van der Waals surface area contributed by atoms with Crippen molar-refractivity contribution in [1.29, 1.82) is 0 Å².